The van der Waals surface area contributed by atoms with Gasteiger partial charge in [-0.25, -0.2) is 17.8 Å². The largest absolute Gasteiger partial charge is 0.383 e. The standard InChI is InChI=1S/C15H18FN3O2S/c1-2-22(20,21)19-15-8-7-14(11-18-15)17-10-9-12-3-5-13(16)6-4-12/h3-8,11,17H,2,9-10H2,1H3,(H,18,19). The Morgan fingerprint density at radius 2 is 1.86 bits per heavy atom. The molecule has 2 N–H and O–H groups in total. The van der Waals surface area contributed by atoms with Gasteiger partial charge in [0.25, 0.3) is 0 Å². The van der Waals surface area contributed by atoms with E-state index in [1.54, 1.807) is 37.4 Å². The highest BCUT2D eigenvalue weighted by atomic mass is 32.2. The topological polar surface area (TPSA) is 71.1 Å². The van der Waals surface area contributed by atoms with E-state index < -0.39 is 10.0 Å². The zero-order valence-electron chi connectivity index (χ0n) is 12.2. The van der Waals surface area contributed by atoms with Gasteiger partial charge in [-0.3, -0.25) is 4.72 Å². The molecule has 0 atom stereocenters. The van der Waals surface area contributed by atoms with Gasteiger partial charge in [0, 0.05) is 6.54 Å². The number of nitrogens with zero attached hydrogens (tertiary/aromatic N) is 1. The zero-order valence-corrected chi connectivity index (χ0v) is 13.0. The van der Waals surface area contributed by atoms with Crippen molar-refractivity contribution < 1.29 is 12.8 Å². The summed E-state index contributed by atoms with van der Waals surface area (Å²) in [4.78, 5) is 4.05. The number of sulfonamides is 1. The highest BCUT2D eigenvalue weighted by Crippen LogP contribution is 2.11. The third-order valence-electron chi connectivity index (χ3n) is 3.06. The number of hydrogen-bond donors (Lipinski definition) is 2. The molecule has 0 aliphatic carbocycles. The summed E-state index contributed by atoms with van der Waals surface area (Å²) < 4.78 is 38.0. The molecule has 0 bridgehead atoms. The Kier molecular flexibility index (Phi) is 5.32. The highest BCUT2D eigenvalue weighted by molar-refractivity contribution is 7.92. The van der Waals surface area contributed by atoms with Crippen molar-refractivity contribution in [1.82, 2.24) is 4.98 Å². The Labute approximate surface area is 129 Å². The molecule has 2 aromatic rings. The normalized spacial score (nSPS) is 11.2. The van der Waals surface area contributed by atoms with E-state index in [9.17, 15) is 12.8 Å². The third-order valence-corrected chi connectivity index (χ3v) is 4.34. The van der Waals surface area contributed by atoms with Crippen LogP contribution in [0.1, 0.15) is 12.5 Å². The Hall–Kier alpha value is -2.15. The molecule has 0 radical (unpaired) electrons. The van der Waals surface area contributed by atoms with E-state index in [0.717, 1.165) is 17.7 Å². The average molecular weight is 323 g/mol. The maximum Gasteiger partial charge on any atom is 0.233 e. The molecular formula is C15H18FN3O2S. The molecule has 0 spiro atoms. The van der Waals surface area contributed by atoms with Crippen LogP contribution < -0.4 is 10.0 Å². The molecule has 22 heavy (non-hydrogen) atoms. The maximum atomic E-state index is 12.8. The van der Waals surface area contributed by atoms with Crippen molar-refractivity contribution in [3.8, 4) is 0 Å². The van der Waals surface area contributed by atoms with E-state index >= 15 is 0 Å². The van der Waals surface area contributed by atoms with Crippen molar-refractivity contribution in [2.24, 2.45) is 0 Å². The molecule has 7 heteroatoms. The Balaban J connectivity index is 1.85. The van der Waals surface area contributed by atoms with E-state index in [0.29, 0.717) is 12.4 Å². The van der Waals surface area contributed by atoms with Gasteiger partial charge in [0.2, 0.25) is 10.0 Å². The smallest absolute Gasteiger partial charge is 0.233 e. The van der Waals surface area contributed by atoms with Crippen LogP contribution in [0, 0.1) is 5.82 Å². The molecule has 0 saturated carbocycles. The quantitative estimate of drug-likeness (QED) is 0.822. The van der Waals surface area contributed by atoms with Crippen LogP contribution in [0.2, 0.25) is 0 Å². The number of anilines is 2. The lowest BCUT2D eigenvalue weighted by molar-refractivity contribution is 0.602. The van der Waals surface area contributed by atoms with E-state index in [-0.39, 0.29) is 11.6 Å². The number of nitrogens with one attached hydrogen (secondary N) is 2. The number of aromatic nitrogens is 1. The minimum absolute atomic E-state index is 0.00630. The van der Waals surface area contributed by atoms with Crippen molar-refractivity contribution in [2.45, 2.75) is 13.3 Å². The Morgan fingerprint density at radius 3 is 2.45 bits per heavy atom. The van der Waals surface area contributed by atoms with Gasteiger partial charge in [-0.1, -0.05) is 12.1 Å². The number of rotatable bonds is 7. The number of halogens is 1. The summed E-state index contributed by atoms with van der Waals surface area (Å²) in [6, 6.07) is 9.73. The van der Waals surface area contributed by atoms with Crippen LogP contribution in [0.15, 0.2) is 42.6 Å². The second-order valence-corrected chi connectivity index (χ2v) is 6.75. The fourth-order valence-corrected chi connectivity index (χ4v) is 2.38. The first kappa shape index (κ1) is 16.2. The third kappa shape index (κ3) is 5.00. The van der Waals surface area contributed by atoms with Gasteiger partial charge in [-0.2, -0.15) is 0 Å². The van der Waals surface area contributed by atoms with Crippen LogP contribution in [0.3, 0.4) is 0 Å². The highest BCUT2D eigenvalue weighted by Gasteiger charge is 2.07. The summed E-state index contributed by atoms with van der Waals surface area (Å²) in [5.41, 5.74) is 1.83. The molecule has 5 nitrogen and oxygen atoms in total. The van der Waals surface area contributed by atoms with Crippen molar-refractivity contribution in [3.05, 3.63) is 54.0 Å². The van der Waals surface area contributed by atoms with Crippen LogP contribution in [0.5, 0.6) is 0 Å². The number of pyridine rings is 1. The lowest BCUT2D eigenvalue weighted by Crippen LogP contribution is -2.15. The summed E-state index contributed by atoms with van der Waals surface area (Å²) in [6.45, 7) is 2.24. The summed E-state index contributed by atoms with van der Waals surface area (Å²) in [5, 5.41) is 3.18. The van der Waals surface area contributed by atoms with E-state index in [4.69, 9.17) is 0 Å². The van der Waals surface area contributed by atoms with Crippen LogP contribution >= 0.6 is 0 Å². The van der Waals surface area contributed by atoms with Gasteiger partial charge < -0.3 is 5.32 Å². The molecule has 0 saturated heterocycles. The van der Waals surface area contributed by atoms with Gasteiger partial charge >= 0.3 is 0 Å². The molecular weight excluding hydrogens is 305 g/mol. The summed E-state index contributed by atoms with van der Waals surface area (Å²) in [7, 11) is -3.31. The SMILES string of the molecule is CCS(=O)(=O)Nc1ccc(NCCc2ccc(F)cc2)cn1. The van der Waals surface area contributed by atoms with E-state index in [2.05, 4.69) is 15.0 Å². The summed E-state index contributed by atoms with van der Waals surface area (Å²) in [6.07, 6.45) is 2.32. The zero-order chi connectivity index (χ0) is 16.0. The molecule has 2 rings (SSSR count). The fourth-order valence-electron chi connectivity index (χ4n) is 1.79. The lowest BCUT2D eigenvalue weighted by Gasteiger charge is -2.08. The summed E-state index contributed by atoms with van der Waals surface area (Å²) >= 11 is 0. The van der Waals surface area contributed by atoms with Gasteiger partial charge in [-0.05, 0) is 43.2 Å². The first-order valence-corrected chi connectivity index (χ1v) is 8.58. The average Bonchev–Trinajstić information content (AvgIpc) is 2.51. The minimum Gasteiger partial charge on any atom is -0.383 e. The van der Waals surface area contributed by atoms with Gasteiger partial charge in [-0.15, -0.1) is 0 Å². The molecule has 0 aliphatic heterocycles. The van der Waals surface area contributed by atoms with Gasteiger partial charge in [0.05, 0.1) is 17.6 Å². The molecule has 0 unspecified atom stereocenters. The van der Waals surface area contributed by atoms with Crippen LogP contribution in [0.4, 0.5) is 15.9 Å². The van der Waals surface area contributed by atoms with Crippen LogP contribution in [0.25, 0.3) is 0 Å². The van der Waals surface area contributed by atoms with E-state index in [1.165, 1.54) is 12.1 Å². The molecule has 0 fully saturated rings. The Morgan fingerprint density at radius 1 is 1.14 bits per heavy atom. The fraction of sp³-hybridized carbons (Fsp3) is 0.267. The first-order chi connectivity index (χ1) is 10.5. The van der Waals surface area contributed by atoms with E-state index in [1.807, 2.05) is 0 Å². The molecule has 118 valence electrons. The van der Waals surface area contributed by atoms with Crippen molar-refractivity contribution in [3.63, 3.8) is 0 Å². The van der Waals surface area contributed by atoms with Gasteiger partial charge in [0.15, 0.2) is 0 Å². The van der Waals surface area contributed by atoms with Gasteiger partial charge in [0.1, 0.15) is 11.6 Å². The second kappa shape index (κ2) is 7.22. The minimum atomic E-state index is -3.31. The first-order valence-electron chi connectivity index (χ1n) is 6.93. The van der Waals surface area contributed by atoms with Crippen molar-refractivity contribution in [2.75, 3.05) is 22.3 Å². The molecule has 0 aliphatic rings. The molecule has 1 aromatic carbocycles. The maximum absolute atomic E-state index is 12.8. The Bertz CT molecular complexity index is 701. The predicted octanol–water partition coefficient (Wildman–Crippen LogP) is 2.64. The number of hydrogen-bond acceptors (Lipinski definition) is 4. The molecule has 0 amide bonds. The predicted molar refractivity (Wildman–Crippen MR) is 85.9 cm³/mol. The molecule has 1 aromatic heterocycles. The lowest BCUT2D eigenvalue weighted by atomic mass is 10.1. The monoisotopic (exact) mass is 323 g/mol. The van der Waals surface area contributed by atoms with Crippen LogP contribution in [-0.4, -0.2) is 25.7 Å². The van der Waals surface area contributed by atoms with Crippen molar-refractivity contribution in [1.29, 1.82) is 0 Å². The number of benzene rings is 1. The molecule has 1 heterocycles. The summed E-state index contributed by atoms with van der Waals surface area (Å²) in [5.74, 6) is 0.0590. The second-order valence-electron chi connectivity index (χ2n) is 4.74. The van der Waals surface area contributed by atoms with Crippen LogP contribution in [-0.2, 0) is 16.4 Å². The van der Waals surface area contributed by atoms with Crippen molar-refractivity contribution >= 4 is 21.5 Å².